The van der Waals surface area contributed by atoms with Gasteiger partial charge in [0.15, 0.2) is 0 Å². The molecule has 1 aliphatic carbocycles. The number of amides is 1. The van der Waals surface area contributed by atoms with E-state index in [1.54, 1.807) is 13.8 Å². The number of esters is 1. The molecule has 5 rings (SSSR count). The van der Waals surface area contributed by atoms with Gasteiger partial charge in [0.2, 0.25) is 5.91 Å². The zero-order valence-electron chi connectivity index (χ0n) is 33.8. The average molecular weight is 894 g/mol. The summed E-state index contributed by atoms with van der Waals surface area (Å²) >= 11 is 0. The fraction of sp³-hybridized carbons (Fsp3) is 0.524. The zero-order chi connectivity index (χ0) is 39.2. The van der Waals surface area contributed by atoms with Crippen LogP contribution in [0.5, 0.6) is 0 Å². The van der Waals surface area contributed by atoms with Crippen LogP contribution in [0.1, 0.15) is 92.3 Å². The summed E-state index contributed by atoms with van der Waals surface area (Å²) in [4.78, 5) is 38.5. The van der Waals surface area contributed by atoms with Gasteiger partial charge in [0.1, 0.15) is 17.7 Å². The molecule has 1 N–H and O–H groups in total. The Morgan fingerprint density at radius 3 is 2.11 bits per heavy atom. The summed E-state index contributed by atoms with van der Waals surface area (Å²) in [5.74, 6) is -1.91. The third-order valence-corrected chi connectivity index (χ3v) is 10.4. The van der Waals surface area contributed by atoms with Crippen molar-refractivity contribution in [2.45, 2.75) is 98.7 Å². The molecule has 0 bridgehead atoms. The van der Waals surface area contributed by atoms with E-state index in [4.69, 9.17) is 4.74 Å². The van der Waals surface area contributed by atoms with E-state index >= 15 is 4.39 Å². The normalized spacial score (nSPS) is 15.1. The van der Waals surface area contributed by atoms with Crippen molar-refractivity contribution >= 4 is 11.9 Å². The molecule has 1 aromatic heterocycles. The number of aryl methyl sites for hydroxylation is 3. The van der Waals surface area contributed by atoms with Gasteiger partial charge in [-0.05, 0) is 105 Å². The Kier molecular flexibility index (Phi) is 18.9. The molecule has 3 aromatic rings. The molecule has 2 fully saturated rings. The number of rotatable bonds is 12. The third kappa shape index (κ3) is 12.2. The summed E-state index contributed by atoms with van der Waals surface area (Å²) in [6, 6.07) is 7.07. The van der Waals surface area contributed by atoms with Crippen LogP contribution in [0, 0.1) is 51.2 Å². The Morgan fingerprint density at radius 1 is 0.982 bits per heavy atom. The van der Waals surface area contributed by atoms with Gasteiger partial charge in [0, 0.05) is 56.5 Å². The number of nitrogens with one attached hydrogen (secondary N) is 1. The molecule has 2 heterocycles. The van der Waals surface area contributed by atoms with Crippen molar-refractivity contribution in [2.24, 2.45) is 11.3 Å². The second-order valence-electron chi connectivity index (χ2n) is 14.9. The molecule has 7 nitrogen and oxygen atoms in total. The maximum atomic E-state index is 15.0. The number of carbonyl (C=O) groups excluding carboxylic acids is 2. The minimum Gasteiger partial charge on any atom is -0.466 e. The van der Waals surface area contributed by atoms with Crippen molar-refractivity contribution in [3.63, 3.8) is 0 Å². The van der Waals surface area contributed by atoms with Crippen LogP contribution in [-0.4, -0.2) is 54.6 Å². The van der Waals surface area contributed by atoms with Crippen LogP contribution < -0.4 is 79.8 Å². The summed E-state index contributed by atoms with van der Waals surface area (Å²) in [6.07, 6.45) is 0.842. The molecule has 1 aliphatic heterocycles. The molecule has 1 spiro atoms. The van der Waals surface area contributed by atoms with Gasteiger partial charge in [0.05, 0.1) is 12.2 Å². The summed E-state index contributed by atoms with van der Waals surface area (Å²) in [5, 5.41) is 2.52. The first-order valence-electron chi connectivity index (χ1n) is 18.4. The number of carbonyl (C=O) groups is 2. The average Bonchev–Trinajstić information content (AvgIpc) is 3.04. The van der Waals surface area contributed by atoms with E-state index in [1.165, 1.54) is 43.1 Å². The maximum Gasteiger partial charge on any atom is 1.00 e. The van der Waals surface area contributed by atoms with Crippen molar-refractivity contribution in [3.05, 3.63) is 99.3 Å². The fourth-order valence-corrected chi connectivity index (χ4v) is 7.53. The fourth-order valence-electron chi connectivity index (χ4n) is 7.53. The van der Waals surface area contributed by atoms with E-state index in [1.807, 2.05) is 45.9 Å². The number of nitrogens with zero attached hydrogens (tertiary/aromatic N) is 2. The molecule has 1 saturated heterocycles. The Morgan fingerprint density at radius 2 is 1.60 bits per heavy atom. The van der Waals surface area contributed by atoms with Crippen molar-refractivity contribution in [3.8, 4) is 11.1 Å². The van der Waals surface area contributed by atoms with E-state index in [-0.39, 0.29) is 125 Å². The number of hydrogen-bond donors (Lipinski definition) is 1. The predicted molar refractivity (Wildman–Crippen MR) is 202 cm³/mol. The quantitative estimate of drug-likeness (QED) is 0.143. The van der Waals surface area contributed by atoms with E-state index < -0.39 is 40.9 Å². The predicted octanol–water partition coefficient (Wildman–Crippen LogP) is 5.74. The SMILES string of the molecule is CCOC(=O)CCc1c(F)c(C)cc(-c2c(C)cccc2C)c1F.CNC(=O)C(CC(C)C)n1cc(CCN2CC3(CCC3)C2)c(C(F)(F)F)cc1=O.[CH3-].[Cs+]. The summed E-state index contributed by atoms with van der Waals surface area (Å²) < 4.78 is 76.1. The second-order valence-corrected chi connectivity index (χ2v) is 14.9. The number of ether oxygens (including phenoxy) is 1. The molecule has 1 saturated carbocycles. The second kappa shape index (κ2) is 21.1. The number of likely N-dealkylation sites (N-methyl/N-ethyl adjacent to an activating group) is 1. The van der Waals surface area contributed by atoms with E-state index in [0.717, 1.165) is 29.8 Å². The minimum atomic E-state index is -4.60. The molecule has 1 amide bonds. The number of halogens is 5. The van der Waals surface area contributed by atoms with E-state index in [2.05, 4.69) is 10.2 Å². The standard InChI is InChI=1S/C21H30F3N3O2.C20H22F2O2.CH3.Cs/c1-14(2)9-17(19(29)25-3)27-11-15(16(10-18(27)28)21(22,23)24)5-8-26-12-20(13-26)6-4-7-20;1-5-24-17(23)10-9-15-19(21)14(4)11-16(20(15)22)18-12(2)7-6-8-13(18)3;;/h10-11,14,17H,4-9,12-13H2,1-3H3,(H,25,29);6-8,11H,5,9-10H2,1-4H3;1H3;/q;;-1;+1. The van der Waals surface area contributed by atoms with Gasteiger partial charge in [-0.3, -0.25) is 14.4 Å². The summed E-state index contributed by atoms with van der Waals surface area (Å²) in [7, 11) is 1.46. The van der Waals surface area contributed by atoms with Crippen molar-refractivity contribution in [2.75, 3.05) is 33.3 Å². The van der Waals surface area contributed by atoms with Crippen LogP contribution in [-0.2, 0) is 33.3 Å². The number of pyridine rings is 1. The summed E-state index contributed by atoms with van der Waals surface area (Å²) in [6.45, 7) is 13.6. The molecule has 2 aromatic carbocycles. The monoisotopic (exact) mass is 893 g/mol. The molecule has 298 valence electrons. The van der Waals surface area contributed by atoms with E-state index in [0.29, 0.717) is 35.6 Å². The molecular formula is C42H55CsF5N3O4. The van der Waals surface area contributed by atoms with Gasteiger partial charge in [-0.15, -0.1) is 0 Å². The van der Waals surface area contributed by atoms with Crippen LogP contribution in [0.3, 0.4) is 0 Å². The zero-order valence-corrected chi connectivity index (χ0v) is 40.1. The van der Waals surface area contributed by atoms with Crippen molar-refractivity contribution in [1.82, 2.24) is 14.8 Å². The van der Waals surface area contributed by atoms with Gasteiger partial charge in [-0.25, -0.2) is 8.78 Å². The first kappa shape index (κ1) is 49.1. The molecule has 0 radical (unpaired) electrons. The third-order valence-electron chi connectivity index (χ3n) is 10.4. The number of benzene rings is 2. The van der Waals surface area contributed by atoms with Gasteiger partial charge in [0.25, 0.3) is 5.56 Å². The van der Waals surface area contributed by atoms with Gasteiger partial charge < -0.3 is 26.9 Å². The molecule has 13 heteroatoms. The van der Waals surface area contributed by atoms with E-state index in [9.17, 15) is 31.9 Å². The molecular weight excluding hydrogens is 838 g/mol. The molecule has 55 heavy (non-hydrogen) atoms. The van der Waals surface area contributed by atoms with Crippen molar-refractivity contribution in [1.29, 1.82) is 0 Å². The molecule has 2 aliphatic rings. The topological polar surface area (TPSA) is 80.6 Å². The Balaban J connectivity index is 0.000000373. The first-order valence-corrected chi connectivity index (χ1v) is 18.4. The van der Waals surface area contributed by atoms with Crippen LogP contribution in [0.4, 0.5) is 22.0 Å². The number of likely N-dealkylation sites (tertiary alicyclic amines) is 1. The Hall–Kier alpha value is -2.01. The Bertz CT molecular complexity index is 1830. The molecule has 1 unspecified atom stereocenters. The maximum absolute atomic E-state index is 15.0. The van der Waals surface area contributed by atoms with Crippen LogP contribution in [0.15, 0.2) is 41.3 Å². The van der Waals surface area contributed by atoms with Gasteiger partial charge in [-0.2, -0.15) is 13.2 Å². The smallest absolute Gasteiger partial charge is 0.466 e. The number of alkyl halides is 3. The number of aromatic nitrogens is 1. The van der Waals surface area contributed by atoms with Crippen LogP contribution >= 0.6 is 0 Å². The number of hydrogen-bond acceptors (Lipinski definition) is 5. The van der Waals surface area contributed by atoms with Gasteiger partial charge >= 0.3 is 81.0 Å². The minimum absolute atomic E-state index is 0. The Labute approximate surface area is 381 Å². The first-order chi connectivity index (χ1) is 24.9. The summed E-state index contributed by atoms with van der Waals surface area (Å²) in [5.41, 5.74) is 2.11. The van der Waals surface area contributed by atoms with Crippen LogP contribution in [0.2, 0.25) is 0 Å². The van der Waals surface area contributed by atoms with Crippen molar-refractivity contribution < 1.29 is 105 Å². The largest absolute Gasteiger partial charge is 1.00 e. The van der Waals surface area contributed by atoms with Gasteiger partial charge in [-0.1, -0.05) is 38.5 Å². The molecule has 1 atom stereocenters. The van der Waals surface area contributed by atoms with Crippen LogP contribution in [0.25, 0.3) is 11.1 Å².